The van der Waals surface area contributed by atoms with Crippen LogP contribution < -0.4 is 0 Å². The third kappa shape index (κ3) is 4.84. The van der Waals surface area contributed by atoms with Gasteiger partial charge >= 0.3 is 0 Å². The summed E-state index contributed by atoms with van der Waals surface area (Å²) in [6, 6.07) is 48.1. The molecular formula is C47H39NS. The Morgan fingerprint density at radius 3 is 2.22 bits per heavy atom. The van der Waals surface area contributed by atoms with Crippen LogP contribution >= 0.6 is 11.3 Å². The van der Waals surface area contributed by atoms with Gasteiger partial charge in [-0.2, -0.15) is 0 Å². The maximum absolute atomic E-state index is 4.48. The minimum atomic E-state index is -0.141. The summed E-state index contributed by atoms with van der Waals surface area (Å²) in [5, 5.41) is 5.40. The molecule has 0 amide bonds. The third-order valence-corrected chi connectivity index (χ3v) is 12.4. The van der Waals surface area contributed by atoms with E-state index in [2.05, 4.69) is 154 Å². The van der Waals surface area contributed by atoms with Crippen molar-refractivity contribution in [3.8, 4) is 22.3 Å². The van der Waals surface area contributed by atoms with Gasteiger partial charge in [0.05, 0.1) is 0 Å². The van der Waals surface area contributed by atoms with Crippen LogP contribution in [0.4, 0.5) is 0 Å². The van der Waals surface area contributed by atoms with Crippen molar-refractivity contribution in [2.24, 2.45) is 0 Å². The first kappa shape index (κ1) is 30.0. The Balaban J connectivity index is 1.20. The van der Waals surface area contributed by atoms with Crippen molar-refractivity contribution in [1.82, 2.24) is 4.98 Å². The lowest BCUT2D eigenvalue weighted by atomic mass is 9.75. The van der Waals surface area contributed by atoms with Crippen LogP contribution in [0.15, 0.2) is 140 Å². The standard InChI is InChI=1S/C47H39NS/c1-29-18-20-31(21-19-29)25-39(36-15-9-17-44-46(36)38-14-7-8-16-43(38)49-44)30(2)32-22-23-37-41(26-32)47(3,4)42-27-40(33-11-10-24-48-28-33)34-12-5-6-13-35(34)45(37)42/h5-24,26-28,30,39H,25H2,1-4H3. The van der Waals surface area contributed by atoms with Gasteiger partial charge in [0.15, 0.2) is 0 Å². The number of hydrogen-bond acceptors (Lipinski definition) is 2. The van der Waals surface area contributed by atoms with E-state index in [4.69, 9.17) is 0 Å². The van der Waals surface area contributed by atoms with Gasteiger partial charge in [-0.3, -0.25) is 4.98 Å². The minimum absolute atomic E-state index is 0.141. The quantitative estimate of drug-likeness (QED) is 0.175. The lowest BCUT2D eigenvalue weighted by molar-refractivity contribution is 0.573. The molecule has 0 spiro atoms. The third-order valence-electron chi connectivity index (χ3n) is 11.2. The molecule has 6 aromatic carbocycles. The zero-order valence-electron chi connectivity index (χ0n) is 28.5. The molecule has 0 fully saturated rings. The molecule has 49 heavy (non-hydrogen) atoms. The Hall–Kier alpha value is -5.05. The molecule has 2 aromatic heterocycles. The van der Waals surface area contributed by atoms with Gasteiger partial charge in [-0.1, -0.05) is 129 Å². The summed E-state index contributed by atoms with van der Waals surface area (Å²) in [4.78, 5) is 4.48. The van der Waals surface area contributed by atoms with Crippen molar-refractivity contribution < 1.29 is 0 Å². The van der Waals surface area contributed by atoms with Crippen LogP contribution in [0.2, 0.25) is 0 Å². The predicted octanol–water partition coefficient (Wildman–Crippen LogP) is 13.0. The molecule has 2 heterocycles. The molecule has 2 heteroatoms. The van der Waals surface area contributed by atoms with Gasteiger partial charge in [0.1, 0.15) is 0 Å². The molecule has 0 saturated heterocycles. The van der Waals surface area contributed by atoms with Gasteiger partial charge in [0, 0.05) is 43.5 Å². The molecule has 0 N–H and O–H groups in total. The van der Waals surface area contributed by atoms with E-state index < -0.39 is 0 Å². The number of benzene rings is 6. The van der Waals surface area contributed by atoms with E-state index in [1.807, 2.05) is 29.8 Å². The number of aromatic nitrogens is 1. The molecule has 2 atom stereocenters. The molecule has 0 radical (unpaired) electrons. The first-order valence-corrected chi connectivity index (χ1v) is 18.3. The molecule has 238 valence electrons. The highest BCUT2D eigenvalue weighted by Gasteiger charge is 2.38. The van der Waals surface area contributed by atoms with Crippen LogP contribution in [-0.4, -0.2) is 4.98 Å². The van der Waals surface area contributed by atoms with Gasteiger partial charge in [0.2, 0.25) is 0 Å². The maximum atomic E-state index is 4.48. The van der Waals surface area contributed by atoms with E-state index in [9.17, 15) is 0 Å². The fourth-order valence-electron chi connectivity index (χ4n) is 8.52. The summed E-state index contributed by atoms with van der Waals surface area (Å²) in [7, 11) is 0. The zero-order chi connectivity index (χ0) is 33.3. The number of rotatable bonds is 6. The van der Waals surface area contributed by atoms with Crippen LogP contribution in [0.5, 0.6) is 0 Å². The van der Waals surface area contributed by atoms with Gasteiger partial charge in [-0.25, -0.2) is 0 Å². The fraction of sp³-hybridized carbons (Fsp3) is 0.170. The highest BCUT2D eigenvalue weighted by Crippen LogP contribution is 2.54. The summed E-state index contributed by atoms with van der Waals surface area (Å²) in [5.74, 6) is 0.616. The van der Waals surface area contributed by atoms with Crippen LogP contribution in [0.3, 0.4) is 0 Å². The van der Waals surface area contributed by atoms with Gasteiger partial charge in [-0.15, -0.1) is 11.3 Å². The van der Waals surface area contributed by atoms with E-state index in [0.29, 0.717) is 11.8 Å². The Morgan fingerprint density at radius 1 is 0.673 bits per heavy atom. The number of pyridine rings is 1. The SMILES string of the molecule is Cc1ccc(CC(c2cccc3sc4ccccc4c23)C(C)c2ccc3c(c2)C(C)(C)c2cc(-c4cccnc4)c4ccccc4c2-3)cc1. The smallest absolute Gasteiger partial charge is 0.0358 e. The van der Waals surface area contributed by atoms with Crippen molar-refractivity contribution in [3.05, 3.63) is 173 Å². The number of thiophene rings is 1. The van der Waals surface area contributed by atoms with E-state index in [0.717, 1.165) is 12.0 Å². The van der Waals surface area contributed by atoms with E-state index >= 15 is 0 Å². The number of fused-ring (bicyclic) bond motifs is 8. The van der Waals surface area contributed by atoms with Crippen LogP contribution in [0, 0.1) is 6.92 Å². The van der Waals surface area contributed by atoms with E-state index in [1.54, 1.807) is 0 Å². The highest BCUT2D eigenvalue weighted by atomic mass is 32.1. The first-order valence-electron chi connectivity index (χ1n) is 17.5. The zero-order valence-corrected chi connectivity index (χ0v) is 29.3. The van der Waals surface area contributed by atoms with Crippen LogP contribution in [0.25, 0.3) is 53.2 Å². The molecule has 9 rings (SSSR count). The molecule has 2 unspecified atom stereocenters. The fourth-order valence-corrected chi connectivity index (χ4v) is 9.66. The molecule has 1 aliphatic carbocycles. The molecule has 0 aliphatic heterocycles. The number of aryl methyl sites for hydroxylation is 1. The van der Waals surface area contributed by atoms with Gasteiger partial charge < -0.3 is 0 Å². The summed E-state index contributed by atoms with van der Waals surface area (Å²) in [6.45, 7) is 9.46. The summed E-state index contributed by atoms with van der Waals surface area (Å²) in [6.07, 6.45) is 4.84. The normalized spacial score (nSPS) is 14.6. The van der Waals surface area contributed by atoms with Gasteiger partial charge in [-0.05, 0) is 105 Å². The van der Waals surface area contributed by atoms with Crippen molar-refractivity contribution in [3.63, 3.8) is 0 Å². The minimum Gasteiger partial charge on any atom is -0.264 e. The number of nitrogens with zero attached hydrogens (tertiary/aromatic N) is 1. The molecular weight excluding hydrogens is 611 g/mol. The Kier molecular flexibility index (Phi) is 7.07. The van der Waals surface area contributed by atoms with Crippen molar-refractivity contribution >= 4 is 42.3 Å². The topological polar surface area (TPSA) is 12.9 Å². The lowest BCUT2D eigenvalue weighted by Crippen LogP contribution is -2.17. The second-order valence-corrected chi connectivity index (χ2v) is 15.6. The van der Waals surface area contributed by atoms with E-state index in [1.165, 1.54) is 81.0 Å². The Morgan fingerprint density at radius 2 is 1.43 bits per heavy atom. The van der Waals surface area contributed by atoms with Crippen LogP contribution in [-0.2, 0) is 11.8 Å². The summed E-state index contributed by atoms with van der Waals surface area (Å²) >= 11 is 1.91. The van der Waals surface area contributed by atoms with Gasteiger partial charge in [0.25, 0.3) is 0 Å². The average molecular weight is 650 g/mol. The Labute approximate surface area is 292 Å². The Bertz CT molecular complexity index is 2520. The lowest BCUT2D eigenvalue weighted by Gasteiger charge is -2.28. The van der Waals surface area contributed by atoms with Crippen molar-refractivity contribution in [2.45, 2.75) is 51.4 Å². The predicted molar refractivity (Wildman–Crippen MR) is 210 cm³/mol. The summed E-state index contributed by atoms with van der Waals surface area (Å²) in [5.41, 5.74) is 13.4. The monoisotopic (exact) mass is 649 g/mol. The molecule has 8 aromatic rings. The number of hydrogen-bond donors (Lipinski definition) is 0. The highest BCUT2D eigenvalue weighted by molar-refractivity contribution is 7.25. The largest absolute Gasteiger partial charge is 0.264 e. The first-order chi connectivity index (χ1) is 23.9. The average Bonchev–Trinajstić information content (AvgIpc) is 3.63. The van der Waals surface area contributed by atoms with Crippen molar-refractivity contribution in [2.75, 3.05) is 0 Å². The maximum Gasteiger partial charge on any atom is 0.0358 e. The van der Waals surface area contributed by atoms with E-state index in [-0.39, 0.29) is 5.41 Å². The molecule has 1 nitrogen and oxygen atoms in total. The summed E-state index contributed by atoms with van der Waals surface area (Å²) < 4.78 is 2.74. The molecule has 1 aliphatic rings. The second kappa shape index (κ2) is 11.5. The van der Waals surface area contributed by atoms with Crippen LogP contribution in [0.1, 0.15) is 66.0 Å². The molecule has 0 bridgehead atoms. The molecule has 0 saturated carbocycles. The van der Waals surface area contributed by atoms with Crippen molar-refractivity contribution in [1.29, 1.82) is 0 Å². The second-order valence-electron chi connectivity index (χ2n) is 14.5.